The normalized spacial score (nSPS) is 15.0. The van der Waals surface area contributed by atoms with E-state index in [2.05, 4.69) is 22.7 Å². The van der Waals surface area contributed by atoms with Crippen LogP contribution in [0, 0.1) is 17.8 Å². The summed E-state index contributed by atoms with van der Waals surface area (Å²) in [5.74, 6) is 6.03. The summed E-state index contributed by atoms with van der Waals surface area (Å²) in [5, 5.41) is 10.3. The lowest BCUT2D eigenvalue weighted by Crippen LogP contribution is -2.30. The summed E-state index contributed by atoms with van der Waals surface area (Å²) in [7, 11) is 1.38. The lowest BCUT2D eigenvalue weighted by molar-refractivity contribution is -0.134. The summed E-state index contributed by atoms with van der Waals surface area (Å²) in [6.45, 7) is 9.74. The second-order valence-electron chi connectivity index (χ2n) is 6.52. The molecule has 0 spiro atoms. The zero-order chi connectivity index (χ0) is 17.9. The smallest absolute Gasteiger partial charge is 0.330 e. The Bertz CT molecular complexity index is 485. The molecule has 130 valence electrons. The topological polar surface area (TPSA) is 46.5 Å². The van der Waals surface area contributed by atoms with Gasteiger partial charge in [-0.3, -0.25) is 0 Å². The second kappa shape index (κ2) is 11.1. The van der Waals surface area contributed by atoms with Crippen LogP contribution in [0.1, 0.15) is 66.7 Å². The summed E-state index contributed by atoms with van der Waals surface area (Å²) in [6.07, 6.45) is 7.90. The molecule has 0 heterocycles. The molecule has 0 aliphatic heterocycles. The molecule has 0 fully saturated rings. The highest BCUT2D eigenvalue weighted by atomic mass is 16.5. The van der Waals surface area contributed by atoms with Gasteiger partial charge >= 0.3 is 5.97 Å². The van der Waals surface area contributed by atoms with Gasteiger partial charge in [-0.1, -0.05) is 31.4 Å². The lowest BCUT2D eigenvalue weighted by atomic mass is 9.87. The lowest BCUT2D eigenvalue weighted by Gasteiger charge is -2.27. The van der Waals surface area contributed by atoms with E-state index in [4.69, 9.17) is 0 Å². The third-order valence-corrected chi connectivity index (χ3v) is 4.15. The van der Waals surface area contributed by atoms with E-state index >= 15 is 0 Å². The van der Waals surface area contributed by atoms with Crippen molar-refractivity contribution in [1.82, 2.24) is 0 Å². The van der Waals surface area contributed by atoms with E-state index in [1.807, 2.05) is 34.6 Å². The molecule has 1 unspecified atom stereocenters. The molecule has 3 nitrogen and oxygen atoms in total. The van der Waals surface area contributed by atoms with Crippen LogP contribution < -0.4 is 0 Å². The molecule has 0 aliphatic carbocycles. The highest BCUT2D eigenvalue weighted by molar-refractivity contribution is 5.82. The average molecular weight is 320 g/mol. The molecular weight excluding hydrogens is 288 g/mol. The summed E-state index contributed by atoms with van der Waals surface area (Å²) in [6, 6.07) is 0. The molecule has 1 atom stereocenters. The number of esters is 1. The molecule has 0 aliphatic rings. The fourth-order valence-electron chi connectivity index (χ4n) is 2.11. The van der Waals surface area contributed by atoms with Crippen LogP contribution in [-0.4, -0.2) is 23.8 Å². The van der Waals surface area contributed by atoms with Crippen molar-refractivity contribution in [3.8, 4) is 11.8 Å². The highest BCUT2D eigenvalue weighted by Crippen LogP contribution is 2.24. The molecular formula is C20H32O3. The van der Waals surface area contributed by atoms with E-state index < -0.39 is 5.60 Å². The first-order valence-corrected chi connectivity index (χ1v) is 8.32. The molecule has 0 radical (unpaired) electrons. The molecule has 0 aromatic rings. The van der Waals surface area contributed by atoms with Crippen molar-refractivity contribution in [2.75, 3.05) is 7.11 Å². The molecule has 0 aromatic carbocycles. The SMILES string of the molecule is CC#CC(=CCCC(C)=CC(=O)OC)CCCC(C)(O)C(C)C. The second-order valence-corrected chi connectivity index (χ2v) is 6.52. The number of ether oxygens (including phenoxy) is 1. The maximum Gasteiger partial charge on any atom is 0.330 e. The Kier molecular flexibility index (Phi) is 10.3. The quantitative estimate of drug-likeness (QED) is 0.389. The summed E-state index contributed by atoms with van der Waals surface area (Å²) in [5.41, 5.74) is 1.49. The summed E-state index contributed by atoms with van der Waals surface area (Å²) >= 11 is 0. The minimum Gasteiger partial charge on any atom is -0.466 e. The Labute approximate surface area is 141 Å². The minimum absolute atomic E-state index is 0.248. The van der Waals surface area contributed by atoms with Crippen molar-refractivity contribution in [3.63, 3.8) is 0 Å². The van der Waals surface area contributed by atoms with Gasteiger partial charge in [-0.15, -0.1) is 5.92 Å². The Morgan fingerprint density at radius 1 is 1.35 bits per heavy atom. The van der Waals surface area contributed by atoms with Gasteiger partial charge in [0.25, 0.3) is 0 Å². The zero-order valence-electron chi connectivity index (χ0n) is 15.5. The van der Waals surface area contributed by atoms with E-state index in [1.165, 1.54) is 13.2 Å². The highest BCUT2D eigenvalue weighted by Gasteiger charge is 2.23. The number of carbonyl (C=O) groups excluding carboxylic acids is 1. The number of methoxy groups -OCH3 is 1. The van der Waals surface area contributed by atoms with Crippen LogP contribution in [-0.2, 0) is 9.53 Å². The van der Waals surface area contributed by atoms with Gasteiger partial charge in [-0.25, -0.2) is 4.79 Å². The van der Waals surface area contributed by atoms with Gasteiger partial charge in [0, 0.05) is 6.08 Å². The maximum absolute atomic E-state index is 11.2. The first-order chi connectivity index (χ1) is 10.7. The van der Waals surface area contributed by atoms with E-state index in [9.17, 15) is 9.90 Å². The van der Waals surface area contributed by atoms with Gasteiger partial charge in [-0.2, -0.15) is 0 Å². The predicted octanol–water partition coefficient (Wildman–Crippen LogP) is 4.41. The third kappa shape index (κ3) is 9.97. The van der Waals surface area contributed by atoms with Gasteiger partial charge < -0.3 is 9.84 Å². The monoisotopic (exact) mass is 320 g/mol. The molecule has 0 aromatic heterocycles. The molecule has 0 amide bonds. The van der Waals surface area contributed by atoms with Crippen molar-refractivity contribution in [3.05, 3.63) is 23.3 Å². The van der Waals surface area contributed by atoms with E-state index in [0.717, 1.165) is 43.3 Å². The Balaban J connectivity index is 4.48. The van der Waals surface area contributed by atoms with Crippen molar-refractivity contribution in [2.45, 2.75) is 72.3 Å². The number of hydrogen-bond acceptors (Lipinski definition) is 3. The van der Waals surface area contributed by atoms with Crippen LogP contribution in [0.25, 0.3) is 0 Å². The third-order valence-electron chi connectivity index (χ3n) is 4.15. The molecule has 0 rings (SSSR count). The maximum atomic E-state index is 11.2. The molecule has 3 heteroatoms. The van der Waals surface area contributed by atoms with Crippen LogP contribution >= 0.6 is 0 Å². The van der Waals surface area contributed by atoms with Gasteiger partial charge in [0.15, 0.2) is 0 Å². The van der Waals surface area contributed by atoms with Crippen LogP contribution in [0.2, 0.25) is 0 Å². The number of hydrogen-bond donors (Lipinski definition) is 1. The zero-order valence-corrected chi connectivity index (χ0v) is 15.5. The largest absolute Gasteiger partial charge is 0.466 e. The molecule has 0 bridgehead atoms. The Hall–Kier alpha value is -1.53. The first-order valence-electron chi connectivity index (χ1n) is 8.32. The Morgan fingerprint density at radius 3 is 2.52 bits per heavy atom. The molecule has 0 saturated heterocycles. The van der Waals surface area contributed by atoms with Gasteiger partial charge in [0.2, 0.25) is 0 Å². The Morgan fingerprint density at radius 2 is 2.00 bits per heavy atom. The number of allylic oxidation sites excluding steroid dienone is 3. The summed E-state index contributed by atoms with van der Waals surface area (Å²) in [4.78, 5) is 11.2. The molecule has 0 saturated carbocycles. The van der Waals surface area contributed by atoms with Crippen LogP contribution in [0.15, 0.2) is 23.3 Å². The first kappa shape index (κ1) is 21.5. The number of carbonyl (C=O) groups is 1. The van der Waals surface area contributed by atoms with Crippen molar-refractivity contribution in [1.29, 1.82) is 0 Å². The van der Waals surface area contributed by atoms with E-state index in [1.54, 1.807) is 0 Å². The van der Waals surface area contributed by atoms with Gasteiger partial charge in [0.1, 0.15) is 0 Å². The van der Waals surface area contributed by atoms with Crippen molar-refractivity contribution < 1.29 is 14.6 Å². The van der Waals surface area contributed by atoms with E-state index in [-0.39, 0.29) is 11.9 Å². The minimum atomic E-state index is -0.620. The van der Waals surface area contributed by atoms with Crippen LogP contribution in [0.4, 0.5) is 0 Å². The molecule has 1 N–H and O–H groups in total. The van der Waals surface area contributed by atoms with Crippen molar-refractivity contribution in [2.24, 2.45) is 5.92 Å². The number of aliphatic hydroxyl groups is 1. The molecule has 23 heavy (non-hydrogen) atoms. The fourth-order valence-corrected chi connectivity index (χ4v) is 2.11. The van der Waals surface area contributed by atoms with Crippen LogP contribution in [0.3, 0.4) is 0 Å². The standard InChI is InChI=1S/C20H32O3/c1-7-10-18(13-9-14-20(5,22)16(2)3)12-8-11-17(4)15-19(21)23-6/h12,15-16,22H,8-9,11,13-14H2,1-6H3. The fraction of sp³-hybridized carbons (Fsp3) is 0.650. The predicted molar refractivity (Wildman–Crippen MR) is 95.9 cm³/mol. The summed E-state index contributed by atoms with van der Waals surface area (Å²) < 4.78 is 4.61. The van der Waals surface area contributed by atoms with Crippen molar-refractivity contribution >= 4 is 5.97 Å². The van der Waals surface area contributed by atoms with Gasteiger partial charge in [0.05, 0.1) is 12.7 Å². The average Bonchev–Trinajstić information content (AvgIpc) is 2.46. The van der Waals surface area contributed by atoms with Crippen LogP contribution in [0.5, 0.6) is 0 Å². The van der Waals surface area contributed by atoms with E-state index in [0.29, 0.717) is 0 Å². The van der Waals surface area contributed by atoms with Gasteiger partial charge in [-0.05, 0) is 64.4 Å². The number of rotatable bonds is 9.